The fourth-order valence-corrected chi connectivity index (χ4v) is 2.37. The molecule has 0 radical (unpaired) electrons. The molecule has 2 N–H and O–H groups in total. The van der Waals surface area contributed by atoms with Crippen molar-refractivity contribution in [1.82, 2.24) is 25.6 Å². The van der Waals surface area contributed by atoms with Crippen molar-refractivity contribution < 1.29 is 0 Å². The van der Waals surface area contributed by atoms with Crippen LogP contribution in [0.1, 0.15) is 32.1 Å². The zero-order valence-corrected chi connectivity index (χ0v) is 10.7. The molecule has 1 aromatic rings. The Labute approximate surface area is 107 Å². The predicted octanol–water partition coefficient (Wildman–Crippen LogP) is 1.07. The quantitative estimate of drug-likeness (QED) is 0.607. The van der Waals surface area contributed by atoms with E-state index in [-0.39, 0.29) is 0 Å². The van der Waals surface area contributed by atoms with Crippen molar-refractivity contribution in [2.75, 3.05) is 6.54 Å². The van der Waals surface area contributed by atoms with Gasteiger partial charge in [-0.3, -0.25) is 4.68 Å². The molecule has 1 fully saturated rings. The van der Waals surface area contributed by atoms with Crippen LogP contribution in [0.25, 0.3) is 0 Å². The van der Waals surface area contributed by atoms with E-state index >= 15 is 0 Å². The molecule has 0 saturated heterocycles. The predicted molar refractivity (Wildman–Crippen MR) is 70.6 cm³/mol. The standard InChI is InChI=1S/C11H19N5S/c17-11(14-10-4-1-2-5-10)12-6-3-8-16-9-7-13-15-16/h7,9-10H,1-6,8H2,(H2,12,14,17). The molecule has 1 saturated carbocycles. The number of rotatable bonds is 5. The Balaban J connectivity index is 1.53. The van der Waals surface area contributed by atoms with Gasteiger partial charge in [0.2, 0.25) is 0 Å². The summed E-state index contributed by atoms with van der Waals surface area (Å²) in [5.41, 5.74) is 0. The van der Waals surface area contributed by atoms with E-state index in [1.54, 1.807) is 6.20 Å². The summed E-state index contributed by atoms with van der Waals surface area (Å²) in [6, 6.07) is 0.588. The van der Waals surface area contributed by atoms with E-state index in [9.17, 15) is 0 Å². The minimum atomic E-state index is 0.588. The van der Waals surface area contributed by atoms with Gasteiger partial charge in [-0.25, -0.2) is 0 Å². The van der Waals surface area contributed by atoms with E-state index in [0.717, 1.165) is 24.6 Å². The van der Waals surface area contributed by atoms with Crippen LogP contribution in [-0.4, -0.2) is 32.7 Å². The highest BCUT2D eigenvalue weighted by molar-refractivity contribution is 7.80. The molecule has 0 aromatic carbocycles. The second-order valence-corrected chi connectivity index (χ2v) is 4.81. The zero-order valence-electron chi connectivity index (χ0n) is 9.93. The normalized spacial score (nSPS) is 16.0. The number of nitrogens with one attached hydrogen (secondary N) is 2. The maximum absolute atomic E-state index is 5.25. The molecular weight excluding hydrogens is 234 g/mol. The van der Waals surface area contributed by atoms with Crippen LogP contribution in [-0.2, 0) is 6.54 Å². The monoisotopic (exact) mass is 253 g/mol. The first kappa shape index (κ1) is 12.3. The minimum Gasteiger partial charge on any atom is -0.363 e. The van der Waals surface area contributed by atoms with Crippen LogP contribution in [0.4, 0.5) is 0 Å². The van der Waals surface area contributed by atoms with Crippen molar-refractivity contribution in [3.05, 3.63) is 12.4 Å². The molecule has 6 heteroatoms. The lowest BCUT2D eigenvalue weighted by Crippen LogP contribution is -2.41. The molecule has 94 valence electrons. The van der Waals surface area contributed by atoms with Crippen molar-refractivity contribution in [3.8, 4) is 0 Å². The molecule has 0 atom stereocenters. The first-order valence-electron chi connectivity index (χ1n) is 6.23. The summed E-state index contributed by atoms with van der Waals surface area (Å²) in [6.45, 7) is 1.75. The van der Waals surface area contributed by atoms with Gasteiger partial charge in [-0.1, -0.05) is 18.1 Å². The van der Waals surface area contributed by atoms with E-state index in [2.05, 4.69) is 20.9 Å². The van der Waals surface area contributed by atoms with Gasteiger partial charge in [0.05, 0.1) is 6.20 Å². The van der Waals surface area contributed by atoms with Crippen molar-refractivity contribution in [2.24, 2.45) is 0 Å². The van der Waals surface area contributed by atoms with Crippen molar-refractivity contribution in [3.63, 3.8) is 0 Å². The van der Waals surface area contributed by atoms with E-state index in [4.69, 9.17) is 12.2 Å². The Hall–Kier alpha value is -1.17. The lowest BCUT2D eigenvalue weighted by molar-refractivity contribution is 0.549. The number of thiocarbonyl (C=S) groups is 1. The van der Waals surface area contributed by atoms with Crippen LogP contribution >= 0.6 is 12.2 Å². The number of nitrogens with zero attached hydrogens (tertiary/aromatic N) is 3. The van der Waals surface area contributed by atoms with Crippen molar-refractivity contribution >= 4 is 17.3 Å². The topological polar surface area (TPSA) is 54.8 Å². The number of aromatic nitrogens is 3. The van der Waals surface area contributed by atoms with Gasteiger partial charge in [0.1, 0.15) is 0 Å². The van der Waals surface area contributed by atoms with E-state index in [0.29, 0.717) is 6.04 Å². The number of aryl methyl sites for hydroxylation is 1. The second-order valence-electron chi connectivity index (χ2n) is 4.40. The molecule has 0 amide bonds. The molecule has 0 unspecified atom stereocenters. The van der Waals surface area contributed by atoms with Crippen LogP contribution in [0.2, 0.25) is 0 Å². The molecule has 2 rings (SSSR count). The molecule has 0 aliphatic heterocycles. The average Bonchev–Trinajstić information content (AvgIpc) is 2.96. The largest absolute Gasteiger partial charge is 0.363 e. The summed E-state index contributed by atoms with van der Waals surface area (Å²) in [4.78, 5) is 0. The van der Waals surface area contributed by atoms with Gasteiger partial charge in [-0.05, 0) is 31.5 Å². The van der Waals surface area contributed by atoms with Crippen LogP contribution in [0.15, 0.2) is 12.4 Å². The highest BCUT2D eigenvalue weighted by Gasteiger charge is 2.14. The Bertz CT molecular complexity index is 332. The lowest BCUT2D eigenvalue weighted by Gasteiger charge is -2.15. The summed E-state index contributed by atoms with van der Waals surface area (Å²) in [7, 11) is 0. The third kappa shape index (κ3) is 4.30. The molecule has 1 heterocycles. The van der Waals surface area contributed by atoms with Crippen LogP contribution < -0.4 is 10.6 Å². The SMILES string of the molecule is S=C(NCCCn1ccnn1)NC1CCCC1. The molecule has 1 aliphatic rings. The summed E-state index contributed by atoms with van der Waals surface area (Å²) >= 11 is 5.25. The van der Waals surface area contributed by atoms with E-state index < -0.39 is 0 Å². The lowest BCUT2D eigenvalue weighted by atomic mass is 10.3. The average molecular weight is 253 g/mol. The van der Waals surface area contributed by atoms with Gasteiger partial charge in [0.25, 0.3) is 0 Å². The van der Waals surface area contributed by atoms with Crippen molar-refractivity contribution in [2.45, 2.75) is 44.7 Å². The second kappa shape index (κ2) is 6.54. The van der Waals surface area contributed by atoms with Gasteiger partial charge < -0.3 is 10.6 Å². The summed E-state index contributed by atoms with van der Waals surface area (Å²) in [5.74, 6) is 0. The Kier molecular flexibility index (Phi) is 4.73. The minimum absolute atomic E-state index is 0.588. The fraction of sp³-hybridized carbons (Fsp3) is 0.727. The molecule has 1 aliphatic carbocycles. The van der Waals surface area contributed by atoms with Gasteiger partial charge in [0.15, 0.2) is 5.11 Å². The Morgan fingerprint density at radius 1 is 1.41 bits per heavy atom. The Morgan fingerprint density at radius 3 is 2.94 bits per heavy atom. The third-order valence-corrected chi connectivity index (χ3v) is 3.27. The molecule has 0 bridgehead atoms. The van der Waals surface area contributed by atoms with Crippen molar-refractivity contribution in [1.29, 1.82) is 0 Å². The number of hydrogen-bond acceptors (Lipinski definition) is 3. The number of hydrogen-bond donors (Lipinski definition) is 2. The summed E-state index contributed by atoms with van der Waals surface area (Å²) < 4.78 is 1.83. The van der Waals surface area contributed by atoms with Crippen LogP contribution in [0.5, 0.6) is 0 Å². The summed E-state index contributed by atoms with van der Waals surface area (Å²) in [6.07, 6.45) is 9.71. The molecule has 5 nitrogen and oxygen atoms in total. The van der Waals surface area contributed by atoms with Gasteiger partial charge in [-0.2, -0.15) is 0 Å². The molecule has 17 heavy (non-hydrogen) atoms. The zero-order chi connectivity index (χ0) is 11.9. The van der Waals surface area contributed by atoms with Gasteiger partial charge >= 0.3 is 0 Å². The van der Waals surface area contributed by atoms with E-state index in [1.807, 2.05) is 10.9 Å². The molecular formula is C11H19N5S. The van der Waals surface area contributed by atoms with E-state index in [1.165, 1.54) is 25.7 Å². The Morgan fingerprint density at radius 2 is 2.24 bits per heavy atom. The highest BCUT2D eigenvalue weighted by Crippen LogP contribution is 2.17. The van der Waals surface area contributed by atoms with Gasteiger partial charge in [-0.15, -0.1) is 5.10 Å². The first-order chi connectivity index (χ1) is 8.34. The molecule has 0 spiro atoms. The fourth-order valence-electron chi connectivity index (χ4n) is 2.10. The maximum atomic E-state index is 5.25. The first-order valence-corrected chi connectivity index (χ1v) is 6.64. The van der Waals surface area contributed by atoms with Gasteiger partial charge in [0, 0.05) is 25.3 Å². The van der Waals surface area contributed by atoms with Crippen LogP contribution in [0, 0.1) is 0 Å². The maximum Gasteiger partial charge on any atom is 0.166 e. The molecule has 1 aromatic heterocycles. The third-order valence-electron chi connectivity index (χ3n) is 3.01. The highest BCUT2D eigenvalue weighted by atomic mass is 32.1. The van der Waals surface area contributed by atoms with Crippen LogP contribution in [0.3, 0.4) is 0 Å². The smallest absolute Gasteiger partial charge is 0.166 e. The summed E-state index contributed by atoms with van der Waals surface area (Å²) in [5, 5.41) is 15.0.